The summed E-state index contributed by atoms with van der Waals surface area (Å²) in [5.41, 5.74) is 2.72. The topological polar surface area (TPSA) is 38.8 Å². The predicted molar refractivity (Wildman–Crippen MR) is 139 cm³/mol. The molecule has 1 fully saturated rings. The number of hydrogen-bond acceptors (Lipinski definition) is 5. The summed E-state index contributed by atoms with van der Waals surface area (Å²) in [6.07, 6.45) is 1.84. The molecule has 3 aromatic rings. The minimum Gasteiger partial charge on any atom is -0.497 e. The Bertz CT molecular complexity index is 1210. The number of benzene rings is 3. The molecule has 0 saturated carbocycles. The SMILES string of the molecule is COc1ccc(CN2C(=O)C(=Cc3ccc(OCc4ccc(Cl)cc4Cl)cc3)SC2=S)cc1. The summed E-state index contributed by atoms with van der Waals surface area (Å²) in [7, 11) is 1.62. The van der Waals surface area contributed by atoms with Crippen molar-refractivity contribution < 1.29 is 14.3 Å². The summed E-state index contributed by atoms with van der Waals surface area (Å²) < 4.78 is 11.5. The molecular weight excluding hydrogens is 497 g/mol. The fraction of sp³-hybridized carbons (Fsp3) is 0.120. The van der Waals surface area contributed by atoms with E-state index < -0.39 is 0 Å². The van der Waals surface area contributed by atoms with Crippen molar-refractivity contribution in [3.05, 3.63) is 98.4 Å². The van der Waals surface area contributed by atoms with E-state index in [2.05, 4.69) is 0 Å². The number of nitrogens with zero attached hydrogens (tertiary/aromatic N) is 1. The van der Waals surface area contributed by atoms with Crippen LogP contribution in [0.15, 0.2) is 71.6 Å². The Labute approximate surface area is 212 Å². The van der Waals surface area contributed by atoms with Crippen molar-refractivity contribution >= 4 is 63.5 Å². The average Bonchev–Trinajstić information content (AvgIpc) is 3.07. The van der Waals surface area contributed by atoms with Crippen molar-refractivity contribution in [3.63, 3.8) is 0 Å². The number of thioether (sulfide) groups is 1. The van der Waals surface area contributed by atoms with Crippen molar-refractivity contribution in [2.45, 2.75) is 13.2 Å². The van der Waals surface area contributed by atoms with Crippen LogP contribution in [0, 0.1) is 0 Å². The third kappa shape index (κ3) is 5.89. The highest BCUT2D eigenvalue weighted by atomic mass is 35.5. The van der Waals surface area contributed by atoms with Gasteiger partial charge in [0.15, 0.2) is 0 Å². The second-order valence-electron chi connectivity index (χ2n) is 7.21. The molecule has 1 aliphatic rings. The summed E-state index contributed by atoms with van der Waals surface area (Å²) >= 11 is 18.9. The van der Waals surface area contributed by atoms with Gasteiger partial charge in [-0.15, -0.1) is 0 Å². The maximum absolute atomic E-state index is 12.9. The molecule has 1 aliphatic heterocycles. The molecule has 0 spiro atoms. The number of hydrogen-bond donors (Lipinski definition) is 0. The molecule has 4 nitrogen and oxygen atoms in total. The molecule has 4 rings (SSSR count). The summed E-state index contributed by atoms with van der Waals surface area (Å²) in [6.45, 7) is 0.755. The lowest BCUT2D eigenvalue weighted by Gasteiger charge is -2.14. The smallest absolute Gasteiger partial charge is 0.266 e. The van der Waals surface area contributed by atoms with Crippen LogP contribution in [0.2, 0.25) is 10.0 Å². The van der Waals surface area contributed by atoms with Gasteiger partial charge in [-0.25, -0.2) is 0 Å². The quantitative estimate of drug-likeness (QED) is 0.250. The van der Waals surface area contributed by atoms with Crippen LogP contribution < -0.4 is 9.47 Å². The molecule has 0 radical (unpaired) electrons. The van der Waals surface area contributed by atoms with Gasteiger partial charge >= 0.3 is 0 Å². The largest absolute Gasteiger partial charge is 0.497 e. The molecule has 0 aliphatic carbocycles. The van der Waals surface area contributed by atoms with Gasteiger partial charge in [-0.2, -0.15) is 0 Å². The first kappa shape index (κ1) is 23.6. The molecule has 0 atom stereocenters. The van der Waals surface area contributed by atoms with E-state index in [1.165, 1.54) is 11.8 Å². The molecule has 0 N–H and O–H groups in total. The Hall–Kier alpha value is -2.51. The predicted octanol–water partition coefficient (Wildman–Crippen LogP) is 6.98. The van der Waals surface area contributed by atoms with E-state index in [0.717, 1.165) is 22.4 Å². The van der Waals surface area contributed by atoms with Gasteiger partial charge in [0.2, 0.25) is 0 Å². The standard InChI is InChI=1S/C25H19Cl2NO3S2/c1-30-20-8-4-17(5-9-20)14-28-24(29)23(33-25(28)32)12-16-2-10-21(11-3-16)31-15-18-6-7-19(26)13-22(18)27/h2-13H,14-15H2,1H3. The van der Waals surface area contributed by atoms with E-state index in [0.29, 0.717) is 38.2 Å². The molecular formula is C25H19Cl2NO3S2. The van der Waals surface area contributed by atoms with Gasteiger partial charge in [-0.1, -0.05) is 77.5 Å². The van der Waals surface area contributed by atoms with E-state index in [4.69, 9.17) is 44.9 Å². The lowest BCUT2D eigenvalue weighted by Crippen LogP contribution is -2.27. The molecule has 0 bridgehead atoms. The number of carbonyl (C=O) groups is 1. The van der Waals surface area contributed by atoms with Crippen molar-refractivity contribution in [1.82, 2.24) is 4.90 Å². The zero-order valence-corrected chi connectivity index (χ0v) is 20.7. The van der Waals surface area contributed by atoms with Gasteiger partial charge in [0, 0.05) is 15.6 Å². The lowest BCUT2D eigenvalue weighted by atomic mass is 10.2. The Morgan fingerprint density at radius 3 is 2.36 bits per heavy atom. The average molecular weight is 516 g/mol. The minimum atomic E-state index is -0.0986. The highest BCUT2D eigenvalue weighted by molar-refractivity contribution is 8.26. The maximum atomic E-state index is 12.9. The molecule has 1 heterocycles. The van der Waals surface area contributed by atoms with E-state index in [1.54, 1.807) is 24.1 Å². The summed E-state index contributed by atoms with van der Waals surface area (Å²) in [6, 6.07) is 20.4. The third-order valence-corrected chi connectivity index (χ3v) is 6.93. The number of halogens is 2. The molecule has 1 amide bonds. The second-order valence-corrected chi connectivity index (χ2v) is 9.73. The van der Waals surface area contributed by atoms with E-state index in [9.17, 15) is 4.79 Å². The van der Waals surface area contributed by atoms with E-state index >= 15 is 0 Å². The van der Waals surface area contributed by atoms with Crippen molar-refractivity contribution in [3.8, 4) is 11.5 Å². The van der Waals surface area contributed by atoms with Crippen LogP contribution in [0.4, 0.5) is 0 Å². The summed E-state index contributed by atoms with van der Waals surface area (Å²) in [5, 5.41) is 1.15. The molecule has 0 aromatic heterocycles. The molecule has 1 saturated heterocycles. The first-order valence-corrected chi connectivity index (χ1v) is 12.0. The Kier molecular flexibility index (Phi) is 7.60. The number of carbonyl (C=O) groups excluding carboxylic acids is 1. The molecule has 0 unspecified atom stereocenters. The van der Waals surface area contributed by atoms with Gasteiger partial charge in [-0.05, 0) is 53.6 Å². The third-order valence-electron chi connectivity index (χ3n) is 4.96. The van der Waals surface area contributed by atoms with Gasteiger partial charge in [0.25, 0.3) is 5.91 Å². The van der Waals surface area contributed by atoms with Crippen LogP contribution in [0.25, 0.3) is 6.08 Å². The van der Waals surface area contributed by atoms with Gasteiger partial charge < -0.3 is 9.47 Å². The first-order valence-electron chi connectivity index (χ1n) is 9.98. The number of ether oxygens (including phenoxy) is 2. The molecule has 33 heavy (non-hydrogen) atoms. The van der Waals surface area contributed by atoms with Crippen LogP contribution in [-0.4, -0.2) is 22.2 Å². The molecule has 8 heteroatoms. The van der Waals surface area contributed by atoms with Crippen LogP contribution >= 0.6 is 47.2 Å². The van der Waals surface area contributed by atoms with Gasteiger partial charge in [0.05, 0.1) is 18.6 Å². The first-order chi connectivity index (χ1) is 15.9. The summed E-state index contributed by atoms with van der Waals surface area (Å²) in [4.78, 5) is 15.1. The molecule has 168 valence electrons. The Morgan fingerprint density at radius 2 is 1.70 bits per heavy atom. The van der Waals surface area contributed by atoms with E-state index in [1.807, 2.05) is 60.7 Å². The monoisotopic (exact) mass is 515 g/mol. The normalized spacial score (nSPS) is 14.8. The highest BCUT2D eigenvalue weighted by Gasteiger charge is 2.31. The number of amides is 1. The zero-order valence-electron chi connectivity index (χ0n) is 17.6. The van der Waals surface area contributed by atoms with Crippen LogP contribution in [-0.2, 0) is 17.9 Å². The van der Waals surface area contributed by atoms with Crippen molar-refractivity contribution in [2.75, 3.05) is 7.11 Å². The van der Waals surface area contributed by atoms with Gasteiger partial charge in [0.1, 0.15) is 22.4 Å². The number of thiocarbonyl (C=S) groups is 1. The Morgan fingerprint density at radius 1 is 1.00 bits per heavy atom. The van der Waals surface area contributed by atoms with Crippen LogP contribution in [0.1, 0.15) is 16.7 Å². The highest BCUT2D eigenvalue weighted by Crippen LogP contribution is 2.34. The fourth-order valence-electron chi connectivity index (χ4n) is 3.16. The summed E-state index contributed by atoms with van der Waals surface area (Å²) in [5.74, 6) is 1.37. The number of rotatable bonds is 7. The molecule has 3 aromatic carbocycles. The van der Waals surface area contributed by atoms with Crippen molar-refractivity contribution in [1.29, 1.82) is 0 Å². The maximum Gasteiger partial charge on any atom is 0.266 e. The lowest BCUT2D eigenvalue weighted by molar-refractivity contribution is -0.122. The fourth-order valence-corrected chi connectivity index (χ4v) is 4.88. The van der Waals surface area contributed by atoms with Crippen molar-refractivity contribution in [2.24, 2.45) is 0 Å². The van der Waals surface area contributed by atoms with Crippen LogP contribution in [0.5, 0.6) is 11.5 Å². The second kappa shape index (κ2) is 10.6. The number of methoxy groups -OCH3 is 1. The zero-order chi connectivity index (χ0) is 23.4. The van der Waals surface area contributed by atoms with Gasteiger partial charge in [-0.3, -0.25) is 9.69 Å². The Balaban J connectivity index is 1.39. The van der Waals surface area contributed by atoms with E-state index in [-0.39, 0.29) is 5.91 Å². The minimum absolute atomic E-state index is 0.0986. The van der Waals surface area contributed by atoms with Crippen LogP contribution in [0.3, 0.4) is 0 Å².